The van der Waals surface area contributed by atoms with Crippen molar-refractivity contribution >= 4 is 5.97 Å². The molecule has 0 spiro atoms. The molecule has 0 fully saturated rings. The predicted molar refractivity (Wildman–Crippen MR) is 51.5 cm³/mol. The molecule has 0 saturated heterocycles. The van der Waals surface area contributed by atoms with Gasteiger partial charge in [0.15, 0.2) is 0 Å². The molecule has 4 heteroatoms. The monoisotopic (exact) mass is 206 g/mol. The molecule has 0 radical (unpaired) electrons. The summed E-state index contributed by atoms with van der Waals surface area (Å²) in [7, 11) is 0. The summed E-state index contributed by atoms with van der Waals surface area (Å²) in [4.78, 5) is 10.8. The summed E-state index contributed by atoms with van der Waals surface area (Å²) in [6.45, 7) is 7.56. The van der Waals surface area contributed by atoms with E-state index in [0.29, 0.717) is 5.92 Å². The smallest absolute Gasteiger partial charge is 0.368 e. The van der Waals surface area contributed by atoms with Crippen LogP contribution in [0, 0.1) is 5.92 Å². The van der Waals surface area contributed by atoms with Crippen molar-refractivity contribution in [3.8, 4) is 0 Å². The Hall–Kier alpha value is -0.640. The average Bonchev–Trinajstić information content (AvgIpc) is 2.02. The predicted octanol–water partition coefficient (Wildman–Crippen LogP) is 2.30. The number of carbonyl (C=O) groups is 1. The fourth-order valence-electron chi connectivity index (χ4n) is 1.19. The van der Waals surface area contributed by atoms with Gasteiger partial charge in [-0.25, -0.2) is 9.18 Å². The van der Waals surface area contributed by atoms with E-state index in [1.165, 1.54) is 0 Å². The lowest BCUT2D eigenvalue weighted by atomic mass is 10.1. The van der Waals surface area contributed by atoms with Crippen LogP contribution in [-0.4, -0.2) is 25.0 Å². The topological polar surface area (TPSA) is 35.5 Å². The maximum absolute atomic E-state index is 13.0. The minimum Gasteiger partial charge on any atom is -0.462 e. The minimum atomic E-state index is -1.95. The molecule has 0 rings (SSSR count). The van der Waals surface area contributed by atoms with Crippen LogP contribution in [0.1, 0.15) is 34.1 Å². The van der Waals surface area contributed by atoms with Crippen LogP contribution >= 0.6 is 0 Å². The summed E-state index contributed by atoms with van der Waals surface area (Å²) in [5, 5.41) is 0. The fourth-order valence-corrected chi connectivity index (χ4v) is 1.19. The summed E-state index contributed by atoms with van der Waals surface area (Å²) >= 11 is 0. The van der Waals surface area contributed by atoms with E-state index < -0.39 is 12.3 Å². The first-order valence-electron chi connectivity index (χ1n) is 4.93. The van der Waals surface area contributed by atoms with Crippen LogP contribution in [0.3, 0.4) is 0 Å². The van der Waals surface area contributed by atoms with Crippen LogP contribution in [-0.2, 0) is 14.3 Å². The number of hydrogen-bond donors (Lipinski definition) is 0. The molecule has 0 aliphatic carbocycles. The first-order chi connectivity index (χ1) is 6.47. The average molecular weight is 206 g/mol. The second kappa shape index (κ2) is 6.76. The Bertz CT molecular complexity index is 171. The second-order valence-electron chi connectivity index (χ2n) is 3.64. The van der Waals surface area contributed by atoms with Crippen LogP contribution in [0.2, 0.25) is 0 Å². The van der Waals surface area contributed by atoms with E-state index >= 15 is 0 Å². The number of hydrogen-bond acceptors (Lipinski definition) is 3. The molecule has 84 valence electrons. The maximum Gasteiger partial charge on any atom is 0.368 e. The summed E-state index contributed by atoms with van der Waals surface area (Å²) in [6, 6.07) is 0. The molecule has 0 aliphatic heterocycles. The van der Waals surface area contributed by atoms with Gasteiger partial charge in [-0.2, -0.15) is 0 Å². The van der Waals surface area contributed by atoms with Crippen molar-refractivity contribution in [3.05, 3.63) is 0 Å². The molecule has 0 aliphatic rings. The largest absolute Gasteiger partial charge is 0.462 e. The van der Waals surface area contributed by atoms with Crippen molar-refractivity contribution in [2.24, 2.45) is 5.92 Å². The zero-order valence-electron chi connectivity index (χ0n) is 9.25. The fraction of sp³-hybridized carbons (Fsp3) is 0.900. The van der Waals surface area contributed by atoms with Crippen LogP contribution in [0.25, 0.3) is 0 Å². The van der Waals surface area contributed by atoms with E-state index in [1.54, 1.807) is 13.8 Å². The van der Waals surface area contributed by atoms with E-state index in [1.807, 2.05) is 13.8 Å². The lowest BCUT2D eigenvalue weighted by Crippen LogP contribution is -2.26. The van der Waals surface area contributed by atoms with Crippen molar-refractivity contribution in [1.29, 1.82) is 0 Å². The number of ether oxygens (including phenoxy) is 2. The van der Waals surface area contributed by atoms with E-state index in [-0.39, 0.29) is 12.7 Å². The maximum atomic E-state index is 13.0. The van der Waals surface area contributed by atoms with Gasteiger partial charge in [0.2, 0.25) is 0 Å². The third kappa shape index (κ3) is 5.91. The number of esters is 1. The number of rotatable bonds is 6. The van der Waals surface area contributed by atoms with Crippen LogP contribution in [0.5, 0.6) is 0 Å². The summed E-state index contributed by atoms with van der Waals surface area (Å²) < 4.78 is 22.3. The third-order valence-corrected chi connectivity index (χ3v) is 1.63. The van der Waals surface area contributed by atoms with Crippen molar-refractivity contribution in [2.75, 3.05) is 6.61 Å². The third-order valence-electron chi connectivity index (χ3n) is 1.63. The van der Waals surface area contributed by atoms with Gasteiger partial charge in [0.05, 0.1) is 12.7 Å². The normalized spacial score (nSPS) is 15.3. The molecule has 0 saturated carbocycles. The molecule has 0 bridgehead atoms. The molecular formula is C10H19FO3. The Morgan fingerprint density at radius 3 is 2.36 bits per heavy atom. The second-order valence-corrected chi connectivity index (χ2v) is 3.64. The summed E-state index contributed by atoms with van der Waals surface area (Å²) in [6.07, 6.45) is -1.50. The zero-order valence-corrected chi connectivity index (χ0v) is 9.25. The Morgan fingerprint density at radius 1 is 1.36 bits per heavy atom. The Balaban J connectivity index is 3.80. The Morgan fingerprint density at radius 2 is 1.93 bits per heavy atom. The van der Waals surface area contributed by atoms with Crippen LogP contribution in [0.15, 0.2) is 0 Å². The van der Waals surface area contributed by atoms with E-state index in [2.05, 4.69) is 4.74 Å². The quantitative estimate of drug-likeness (QED) is 0.625. The van der Waals surface area contributed by atoms with Gasteiger partial charge in [0.1, 0.15) is 0 Å². The van der Waals surface area contributed by atoms with Gasteiger partial charge in [0.25, 0.3) is 6.36 Å². The molecule has 2 atom stereocenters. The van der Waals surface area contributed by atoms with E-state index in [9.17, 15) is 9.18 Å². The van der Waals surface area contributed by atoms with Crippen LogP contribution in [0.4, 0.5) is 4.39 Å². The zero-order chi connectivity index (χ0) is 11.1. The lowest BCUT2D eigenvalue weighted by molar-refractivity contribution is -0.176. The van der Waals surface area contributed by atoms with E-state index in [0.717, 1.165) is 6.42 Å². The van der Waals surface area contributed by atoms with Crippen molar-refractivity contribution < 1.29 is 18.7 Å². The number of alkyl halides is 1. The van der Waals surface area contributed by atoms with Gasteiger partial charge in [-0.15, -0.1) is 0 Å². The minimum absolute atomic E-state index is 0.168. The molecule has 0 aromatic heterocycles. The highest BCUT2D eigenvalue weighted by atomic mass is 19.1. The molecule has 3 nitrogen and oxygen atoms in total. The number of carbonyl (C=O) groups excluding carboxylic acids is 1. The van der Waals surface area contributed by atoms with E-state index in [4.69, 9.17) is 4.74 Å². The molecule has 0 N–H and O–H groups in total. The van der Waals surface area contributed by atoms with Gasteiger partial charge in [-0.3, -0.25) is 0 Å². The lowest BCUT2D eigenvalue weighted by Gasteiger charge is -2.16. The van der Waals surface area contributed by atoms with Gasteiger partial charge < -0.3 is 9.47 Å². The highest BCUT2D eigenvalue weighted by Crippen LogP contribution is 2.11. The molecule has 0 aromatic carbocycles. The molecule has 0 aromatic rings. The molecule has 2 unspecified atom stereocenters. The first kappa shape index (κ1) is 13.4. The SMILES string of the molecule is CCOC(=O)C(F)OC(C)CC(C)C. The highest BCUT2D eigenvalue weighted by Gasteiger charge is 2.22. The van der Waals surface area contributed by atoms with Gasteiger partial charge in [-0.05, 0) is 26.2 Å². The summed E-state index contributed by atoms with van der Waals surface area (Å²) in [5.41, 5.74) is 0. The standard InChI is InChI=1S/C10H19FO3/c1-5-13-10(12)9(11)14-8(4)6-7(2)3/h7-9H,5-6H2,1-4H3. The van der Waals surface area contributed by atoms with Crippen molar-refractivity contribution in [3.63, 3.8) is 0 Å². The Kier molecular flexibility index (Phi) is 6.45. The van der Waals surface area contributed by atoms with Crippen molar-refractivity contribution in [1.82, 2.24) is 0 Å². The first-order valence-corrected chi connectivity index (χ1v) is 4.93. The molecular weight excluding hydrogens is 187 g/mol. The van der Waals surface area contributed by atoms with Gasteiger partial charge >= 0.3 is 5.97 Å². The molecule has 14 heavy (non-hydrogen) atoms. The highest BCUT2D eigenvalue weighted by molar-refractivity contribution is 5.72. The van der Waals surface area contributed by atoms with Crippen molar-refractivity contribution in [2.45, 2.75) is 46.6 Å². The molecule has 0 amide bonds. The number of halogens is 1. The van der Waals surface area contributed by atoms with Gasteiger partial charge in [0, 0.05) is 0 Å². The van der Waals surface area contributed by atoms with Crippen LogP contribution < -0.4 is 0 Å². The van der Waals surface area contributed by atoms with Gasteiger partial charge in [-0.1, -0.05) is 13.8 Å². The summed E-state index contributed by atoms with van der Waals surface area (Å²) in [5.74, 6) is -0.525. The Labute approximate surface area is 84.6 Å². The molecule has 0 heterocycles.